The second-order valence-electron chi connectivity index (χ2n) is 5.49. The molecule has 0 aliphatic rings. The van der Waals surface area contributed by atoms with Crippen LogP contribution in [0.25, 0.3) is 0 Å². The van der Waals surface area contributed by atoms with E-state index < -0.39 is 6.10 Å². The van der Waals surface area contributed by atoms with E-state index >= 15 is 0 Å². The van der Waals surface area contributed by atoms with E-state index in [9.17, 15) is 9.59 Å². The molecule has 0 bridgehead atoms. The van der Waals surface area contributed by atoms with E-state index in [4.69, 9.17) is 16.3 Å². The van der Waals surface area contributed by atoms with E-state index in [0.29, 0.717) is 17.3 Å². The Morgan fingerprint density at radius 3 is 2.44 bits per heavy atom. The van der Waals surface area contributed by atoms with Crippen LogP contribution in [0, 0.1) is 0 Å². The lowest BCUT2D eigenvalue weighted by Crippen LogP contribution is -2.38. The molecule has 2 aromatic rings. The Hall–Kier alpha value is -2.53. The van der Waals surface area contributed by atoms with E-state index in [1.807, 2.05) is 30.3 Å². The van der Waals surface area contributed by atoms with Crippen LogP contribution in [0.5, 0.6) is 5.75 Å². The number of para-hydroxylation sites is 1. The standard InChI is InChI=1S/C19H21ClN2O3/c1-14(25-17-10-6-5-9-16(17)20)19(24)21-12-11-18(23)22-13-15-7-3-2-4-8-15/h2-10,14H,11-13H2,1H3,(H,21,24)(H,22,23). The lowest BCUT2D eigenvalue weighted by atomic mass is 10.2. The fraction of sp³-hybridized carbons (Fsp3) is 0.263. The molecule has 2 rings (SSSR count). The molecular formula is C19H21ClN2O3. The minimum Gasteiger partial charge on any atom is -0.479 e. The summed E-state index contributed by atoms with van der Waals surface area (Å²) in [6.45, 7) is 2.35. The molecule has 6 heteroatoms. The molecule has 0 spiro atoms. The smallest absolute Gasteiger partial charge is 0.260 e. The lowest BCUT2D eigenvalue weighted by Gasteiger charge is -2.15. The minimum absolute atomic E-state index is 0.121. The van der Waals surface area contributed by atoms with Crippen molar-refractivity contribution in [1.29, 1.82) is 0 Å². The summed E-state index contributed by atoms with van der Waals surface area (Å²) in [5, 5.41) is 5.94. The molecule has 25 heavy (non-hydrogen) atoms. The van der Waals surface area contributed by atoms with Crippen LogP contribution in [0.1, 0.15) is 18.9 Å². The highest BCUT2D eigenvalue weighted by Gasteiger charge is 2.15. The summed E-state index contributed by atoms with van der Waals surface area (Å²) in [4.78, 5) is 23.8. The zero-order valence-corrected chi connectivity index (χ0v) is 14.8. The van der Waals surface area contributed by atoms with Crippen molar-refractivity contribution in [1.82, 2.24) is 10.6 Å². The Bertz CT molecular complexity index is 707. The average Bonchev–Trinajstić information content (AvgIpc) is 2.62. The minimum atomic E-state index is -0.702. The van der Waals surface area contributed by atoms with Gasteiger partial charge >= 0.3 is 0 Å². The summed E-state index contributed by atoms with van der Waals surface area (Å²) < 4.78 is 5.53. The predicted octanol–water partition coefficient (Wildman–Crippen LogP) is 2.93. The normalized spacial score (nSPS) is 11.4. The summed E-state index contributed by atoms with van der Waals surface area (Å²) in [6.07, 6.45) is -0.496. The molecule has 0 aliphatic carbocycles. The first-order valence-electron chi connectivity index (χ1n) is 8.06. The number of benzene rings is 2. The van der Waals surface area contributed by atoms with Gasteiger partial charge < -0.3 is 15.4 Å². The highest BCUT2D eigenvalue weighted by atomic mass is 35.5. The molecule has 0 radical (unpaired) electrons. The molecule has 2 amide bonds. The van der Waals surface area contributed by atoms with Gasteiger partial charge in [0.15, 0.2) is 6.10 Å². The molecule has 1 atom stereocenters. The molecule has 5 nitrogen and oxygen atoms in total. The number of hydrogen-bond donors (Lipinski definition) is 2. The highest BCUT2D eigenvalue weighted by Crippen LogP contribution is 2.24. The Labute approximate surface area is 152 Å². The second-order valence-corrected chi connectivity index (χ2v) is 5.90. The molecule has 0 aliphatic heterocycles. The largest absolute Gasteiger partial charge is 0.479 e. The Morgan fingerprint density at radius 2 is 1.72 bits per heavy atom. The second kappa shape index (κ2) is 9.69. The molecule has 132 valence electrons. The topological polar surface area (TPSA) is 67.4 Å². The van der Waals surface area contributed by atoms with Crippen LogP contribution in [0.15, 0.2) is 54.6 Å². The predicted molar refractivity (Wildman–Crippen MR) is 97.5 cm³/mol. The summed E-state index contributed by atoms with van der Waals surface area (Å²) in [5.41, 5.74) is 1.03. The fourth-order valence-corrected chi connectivity index (χ4v) is 2.29. The Morgan fingerprint density at radius 1 is 1.04 bits per heavy atom. The molecule has 0 saturated heterocycles. The molecule has 0 saturated carbocycles. The summed E-state index contributed by atoms with van der Waals surface area (Å²) in [6, 6.07) is 16.6. The monoisotopic (exact) mass is 360 g/mol. The van der Waals surface area contributed by atoms with Crippen molar-refractivity contribution in [3.63, 3.8) is 0 Å². The molecule has 2 aromatic carbocycles. The van der Waals surface area contributed by atoms with Gasteiger partial charge in [0.2, 0.25) is 5.91 Å². The van der Waals surface area contributed by atoms with Crippen LogP contribution >= 0.6 is 11.6 Å². The third-order valence-corrected chi connectivity index (χ3v) is 3.81. The molecule has 1 unspecified atom stereocenters. The van der Waals surface area contributed by atoms with Gasteiger partial charge in [0, 0.05) is 19.5 Å². The number of hydrogen-bond acceptors (Lipinski definition) is 3. The first kappa shape index (κ1) is 18.8. The van der Waals surface area contributed by atoms with Crippen LogP contribution in [0.4, 0.5) is 0 Å². The van der Waals surface area contributed by atoms with Crippen molar-refractivity contribution in [2.75, 3.05) is 6.54 Å². The number of halogens is 1. The number of nitrogens with one attached hydrogen (secondary N) is 2. The van der Waals surface area contributed by atoms with Crippen LogP contribution in [-0.2, 0) is 16.1 Å². The summed E-state index contributed by atoms with van der Waals surface area (Å²) >= 11 is 5.99. The fourth-order valence-electron chi connectivity index (χ4n) is 2.11. The van der Waals surface area contributed by atoms with Gasteiger partial charge in [-0.1, -0.05) is 54.1 Å². The highest BCUT2D eigenvalue weighted by molar-refractivity contribution is 6.32. The van der Waals surface area contributed by atoms with Crippen LogP contribution < -0.4 is 15.4 Å². The Kier molecular flexibility index (Phi) is 7.29. The zero-order valence-electron chi connectivity index (χ0n) is 14.0. The van der Waals surface area contributed by atoms with E-state index in [2.05, 4.69) is 10.6 Å². The maximum absolute atomic E-state index is 12.0. The molecule has 0 aromatic heterocycles. The van der Waals surface area contributed by atoms with Gasteiger partial charge in [-0.25, -0.2) is 0 Å². The molecule has 0 fully saturated rings. The summed E-state index contributed by atoms with van der Waals surface area (Å²) in [5.74, 6) is 0.0343. The van der Waals surface area contributed by atoms with E-state index in [-0.39, 0.29) is 24.8 Å². The van der Waals surface area contributed by atoms with Crippen molar-refractivity contribution in [3.05, 3.63) is 65.2 Å². The van der Waals surface area contributed by atoms with Gasteiger partial charge in [0.05, 0.1) is 5.02 Å². The number of rotatable bonds is 8. The maximum atomic E-state index is 12.0. The van der Waals surface area contributed by atoms with Gasteiger partial charge in [-0.2, -0.15) is 0 Å². The zero-order chi connectivity index (χ0) is 18.1. The number of carbonyl (C=O) groups excluding carboxylic acids is 2. The van der Waals surface area contributed by atoms with Crippen molar-refractivity contribution in [2.24, 2.45) is 0 Å². The number of amides is 2. The van der Waals surface area contributed by atoms with Gasteiger partial charge in [-0.15, -0.1) is 0 Å². The summed E-state index contributed by atoms with van der Waals surface area (Å²) in [7, 11) is 0. The molecular weight excluding hydrogens is 340 g/mol. The van der Waals surface area contributed by atoms with Crippen LogP contribution in [0.2, 0.25) is 5.02 Å². The van der Waals surface area contributed by atoms with E-state index in [0.717, 1.165) is 5.56 Å². The average molecular weight is 361 g/mol. The molecule has 2 N–H and O–H groups in total. The van der Waals surface area contributed by atoms with Crippen molar-refractivity contribution in [3.8, 4) is 5.75 Å². The van der Waals surface area contributed by atoms with Gasteiger partial charge in [-0.3, -0.25) is 9.59 Å². The first-order valence-corrected chi connectivity index (χ1v) is 8.43. The van der Waals surface area contributed by atoms with E-state index in [1.54, 1.807) is 31.2 Å². The van der Waals surface area contributed by atoms with Crippen LogP contribution in [0.3, 0.4) is 0 Å². The van der Waals surface area contributed by atoms with Gasteiger partial charge in [0.1, 0.15) is 5.75 Å². The lowest BCUT2D eigenvalue weighted by molar-refractivity contribution is -0.127. The van der Waals surface area contributed by atoms with Crippen molar-refractivity contribution >= 4 is 23.4 Å². The van der Waals surface area contributed by atoms with Gasteiger partial charge in [0.25, 0.3) is 5.91 Å². The SMILES string of the molecule is CC(Oc1ccccc1Cl)C(=O)NCCC(=O)NCc1ccccc1. The third-order valence-electron chi connectivity index (χ3n) is 3.49. The van der Waals surface area contributed by atoms with Gasteiger partial charge in [-0.05, 0) is 24.6 Å². The third kappa shape index (κ3) is 6.47. The number of carbonyl (C=O) groups is 2. The van der Waals surface area contributed by atoms with Crippen LogP contribution in [-0.4, -0.2) is 24.5 Å². The van der Waals surface area contributed by atoms with E-state index in [1.165, 1.54) is 0 Å². The maximum Gasteiger partial charge on any atom is 0.260 e. The molecule has 0 heterocycles. The number of ether oxygens (including phenoxy) is 1. The van der Waals surface area contributed by atoms with Crippen molar-refractivity contribution in [2.45, 2.75) is 26.0 Å². The quantitative estimate of drug-likeness (QED) is 0.760. The van der Waals surface area contributed by atoms with Crippen molar-refractivity contribution < 1.29 is 14.3 Å². The Balaban J connectivity index is 1.67. The first-order chi connectivity index (χ1) is 12.1.